The van der Waals surface area contributed by atoms with Crippen LogP contribution >= 0.6 is 0 Å². The highest BCUT2D eigenvalue weighted by atomic mass is 32.2. The molecule has 0 spiro atoms. The number of rotatable bonds is 8. The van der Waals surface area contributed by atoms with Crippen molar-refractivity contribution in [2.75, 3.05) is 20.8 Å². The Morgan fingerprint density at radius 1 is 1.12 bits per heavy atom. The first-order valence-electron chi connectivity index (χ1n) is 8.19. The van der Waals surface area contributed by atoms with E-state index < -0.39 is 16.0 Å². The van der Waals surface area contributed by atoms with Gasteiger partial charge in [-0.1, -0.05) is 18.2 Å². The third-order valence-electron chi connectivity index (χ3n) is 3.99. The van der Waals surface area contributed by atoms with Gasteiger partial charge in [0.1, 0.15) is 5.75 Å². The largest absolute Gasteiger partial charge is 0.497 e. The lowest BCUT2D eigenvalue weighted by molar-refractivity contribution is 0.0599. The molecule has 0 aliphatic heterocycles. The first-order chi connectivity index (χ1) is 12.4. The van der Waals surface area contributed by atoms with Gasteiger partial charge in [0.05, 0.1) is 24.7 Å². The molecule has 0 amide bonds. The lowest BCUT2D eigenvalue weighted by atomic mass is 10.1. The van der Waals surface area contributed by atoms with Gasteiger partial charge in [0, 0.05) is 6.54 Å². The van der Waals surface area contributed by atoms with Crippen LogP contribution in [0.25, 0.3) is 0 Å². The minimum atomic E-state index is -3.69. The van der Waals surface area contributed by atoms with Crippen molar-refractivity contribution in [1.29, 1.82) is 0 Å². The Kier molecular flexibility index (Phi) is 6.76. The van der Waals surface area contributed by atoms with Crippen LogP contribution in [0.15, 0.2) is 47.4 Å². The highest BCUT2D eigenvalue weighted by Gasteiger charge is 2.18. The number of sulfonamides is 1. The summed E-state index contributed by atoms with van der Waals surface area (Å²) >= 11 is 0. The van der Waals surface area contributed by atoms with Gasteiger partial charge in [-0.15, -0.1) is 0 Å². The molecule has 0 aliphatic carbocycles. The summed E-state index contributed by atoms with van der Waals surface area (Å²) in [5.41, 5.74) is 1.98. The summed E-state index contributed by atoms with van der Waals surface area (Å²) < 4.78 is 37.3. The highest BCUT2D eigenvalue weighted by molar-refractivity contribution is 7.89. The van der Waals surface area contributed by atoms with Crippen molar-refractivity contribution in [2.45, 2.75) is 24.7 Å². The van der Waals surface area contributed by atoms with E-state index in [-0.39, 0.29) is 10.5 Å². The van der Waals surface area contributed by atoms with E-state index in [1.54, 1.807) is 20.1 Å². The van der Waals surface area contributed by atoms with E-state index in [4.69, 9.17) is 4.74 Å². The first kappa shape index (κ1) is 19.9. The van der Waals surface area contributed by atoms with Gasteiger partial charge >= 0.3 is 5.97 Å². The molecule has 2 aromatic rings. The maximum atomic E-state index is 12.4. The quantitative estimate of drug-likeness (QED) is 0.565. The molecule has 0 saturated heterocycles. The standard InChI is InChI=1S/C19H23NO5S/c1-14-9-10-17(13-18(14)19(21)25-3)26(22,23)20-11-5-7-15-6-4-8-16(12-15)24-2/h4,6,8-10,12-13,20H,5,7,11H2,1-3H3. The van der Waals surface area contributed by atoms with E-state index >= 15 is 0 Å². The molecule has 0 aliphatic rings. The van der Waals surface area contributed by atoms with Crippen molar-refractivity contribution >= 4 is 16.0 Å². The van der Waals surface area contributed by atoms with E-state index in [1.165, 1.54) is 19.2 Å². The van der Waals surface area contributed by atoms with Crippen molar-refractivity contribution in [2.24, 2.45) is 0 Å². The van der Waals surface area contributed by atoms with E-state index in [1.807, 2.05) is 24.3 Å². The van der Waals surface area contributed by atoms with Crippen LogP contribution in [0.3, 0.4) is 0 Å². The minimum Gasteiger partial charge on any atom is -0.497 e. The number of aryl methyl sites for hydroxylation is 2. The molecular formula is C19H23NO5S. The number of esters is 1. The Bertz CT molecular complexity index is 877. The average Bonchev–Trinajstić information content (AvgIpc) is 2.65. The van der Waals surface area contributed by atoms with Crippen molar-refractivity contribution in [1.82, 2.24) is 4.72 Å². The Hall–Kier alpha value is -2.38. The zero-order valence-electron chi connectivity index (χ0n) is 15.1. The highest BCUT2D eigenvalue weighted by Crippen LogP contribution is 2.17. The maximum Gasteiger partial charge on any atom is 0.338 e. The molecule has 26 heavy (non-hydrogen) atoms. The van der Waals surface area contributed by atoms with Crippen LogP contribution in [0, 0.1) is 6.92 Å². The van der Waals surface area contributed by atoms with Crippen molar-refractivity contribution in [3.05, 3.63) is 59.2 Å². The van der Waals surface area contributed by atoms with Crippen LogP contribution in [0.2, 0.25) is 0 Å². The predicted octanol–water partition coefficient (Wildman–Crippen LogP) is 2.70. The summed E-state index contributed by atoms with van der Waals surface area (Å²) in [7, 11) is -0.819. The molecule has 2 aromatic carbocycles. The fourth-order valence-electron chi connectivity index (χ4n) is 2.51. The van der Waals surface area contributed by atoms with Crippen LogP contribution in [0.4, 0.5) is 0 Å². The molecule has 140 valence electrons. The van der Waals surface area contributed by atoms with Crippen LogP contribution in [-0.2, 0) is 21.2 Å². The number of ether oxygens (including phenoxy) is 2. The average molecular weight is 377 g/mol. The van der Waals surface area contributed by atoms with E-state index in [0.717, 1.165) is 17.7 Å². The van der Waals surface area contributed by atoms with Crippen LogP contribution in [0.5, 0.6) is 5.75 Å². The monoisotopic (exact) mass is 377 g/mol. The van der Waals surface area contributed by atoms with Crippen LogP contribution in [0.1, 0.15) is 27.9 Å². The molecule has 0 unspecified atom stereocenters. The zero-order valence-corrected chi connectivity index (χ0v) is 15.9. The van der Waals surface area contributed by atoms with Gasteiger partial charge < -0.3 is 9.47 Å². The Labute approximate surface area is 154 Å². The van der Waals surface area contributed by atoms with E-state index in [2.05, 4.69) is 9.46 Å². The topological polar surface area (TPSA) is 81.7 Å². The molecule has 7 heteroatoms. The number of hydrogen-bond donors (Lipinski definition) is 1. The molecular weight excluding hydrogens is 354 g/mol. The number of methoxy groups -OCH3 is 2. The second-order valence-electron chi connectivity index (χ2n) is 5.82. The van der Waals surface area contributed by atoms with Gasteiger partial charge in [-0.2, -0.15) is 0 Å². The van der Waals surface area contributed by atoms with Crippen LogP contribution in [-0.4, -0.2) is 35.2 Å². The van der Waals surface area contributed by atoms with Crippen LogP contribution < -0.4 is 9.46 Å². The molecule has 0 aromatic heterocycles. The molecule has 0 atom stereocenters. The summed E-state index contributed by atoms with van der Waals surface area (Å²) in [5.74, 6) is 0.218. The SMILES string of the molecule is COC(=O)c1cc(S(=O)(=O)NCCCc2cccc(OC)c2)ccc1C. The maximum absolute atomic E-state index is 12.4. The molecule has 6 nitrogen and oxygen atoms in total. The van der Waals surface area contributed by atoms with Crippen molar-refractivity contribution in [3.8, 4) is 5.75 Å². The molecule has 1 N–H and O–H groups in total. The number of hydrogen-bond acceptors (Lipinski definition) is 5. The normalized spacial score (nSPS) is 11.2. The first-order valence-corrected chi connectivity index (χ1v) is 9.67. The summed E-state index contributed by atoms with van der Waals surface area (Å²) in [6.45, 7) is 2.02. The third-order valence-corrected chi connectivity index (χ3v) is 5.45. The van der Waals surface area contributed by atoms with Gasteiger partial charge in [0.2, 0.25) is 10.0 Å². The van der Waals surface area contributed by atoms with Gasteiger partial charge in [0.25, 0.3) is 0 Å². The minimum absolute atomic E-state index is 0.0462. The van der Waals surface area contributed by atoms with Crippen molar-refractivity contribution < 1.29 is 22.7 Å². The lowest BCUT2D eigenvalue weighted by Crippen LogP contribution is -2.25. The second kappa shape index (κ2) is 8.82. The smallest absolute Gasteiger partial charge is 0.338 e. The second-order valence-corrected chi connectivity index (χ2v) is 7.59. The number of nitrogens with one attached hydrogen (secondary N) is 1. The van der Waals surface area contributed by atoms with E-state index in [9.17, 15) is 13.2 Å². The Morgan fingerprint density at radius 2 is 1.88 bits per heavy atom. The molecule has 0 saturated carbocycles. The molecule has 0 heterocycles. The number of benzene rings is 2. The summed E-state index contributed by atoms with van der Waals surface area (Å²) in [5, 5.41) is 0. The van der Waals surface area contributed by atoms with Gasteiger partial charge in [0.15, 0.2) is 0 Å². The predicted molar refractivity (Wildman–Crippen MR) is 99.0 cm³/mol. The number of carbonyl (C=O) groups excluding carboxylic acids is 1. The Morgan fingerprint density at radius 3 is 2.58 bits per heavy atom. The van der Waals surface area contributed by atoms with Crippen molar-refractivity contribution in [3.63, 3.8) is 0 Å². The summed E-state index contributed by atoms with van der Waals surface area (Å²) in [6, 6.07) is 12.1. The zero-order chi connectivity index (χ0) is 19.2. The van der Waals surface area contributed by atoms with Gasteiger partial charge in [-0.05, 0) is 55.2 Å². The van der Waals surface area contributed by atoms with Gasteiger partial charge in [-0.25, -0.2) is 17.9 Å². The molecule has 0 fully saturated rings. The molecule has 0 bridgehead atoms. The van der Waals surface area contributed by atoms with Gasteiger partial charge in [-0.3, -0.25) is 0 Å². The molecule has 2 rings (SSSR count). The van der Waals surface area contributed by atoms with E-state index in [0.29, 0.717) is 18.5 Å². The fraction of sp³-hybridized carbons (Fsp3) is 0.316. The summed E-state index contributed by atoms with van der Waals surface area (Å²) in [6.07, 6.45) is 1.36. The summed E-state index contributed by atoms with van der Waals surface area (Å²) in [4.78, 5) is 11.8. The third kappa shape index (κ3) is 5.06. The fourth-order valence-corrected chi connectivity index (χ4v) is 3.61. The lowest BCUT2D eigenvalue weighted by Gasteiger charge is -2.10. The molecule has 0 radical (unpaired) electrons. The Balaban J connectivity index is 1.99. The number of carbonyl (C=O) groups is 1.